The molecule has 0 bridgehead atoms. The van der Waals surface area contributed by atoms with Gasteiger partial charge >= 0.3 is 12.1 Å². The van der Waals surface area contributed by atoms with Gasteiger partial charge in [0.15, 0.2) is 6.10 Å². The lowest BCUT2D eigenvalue weighted by Crippen LogP contribution is -2.56. The third-order valence-corrected chi connectivity index (χ3v) is 10.7. The molecule has 4 N–H and O–H groups in total. The molecule has 4 aliphatic rings. The van der Waals surface area contributed by atoms with Gasteiger partial charge in [-0.15, -0.1) is 11.3 Å². The Bertz CT molecular complexity index is 1340. The number of anilines is 2. The molecular weight excluding hydrogens is 602 g/mol. The van der Waals surface area contributed by atoms with E-state index in [-0.39, 0.29) is 24.4 Å². The van der Waals surface area contributed by atoms with E-state index in [1.165, 1.54) is 11.3 Å². The first-order valence-corrected chi connectivity index (χ1v) is 16.9. The van der Waals surface area contributed by atoms with Crippen molar-refractivity contribution in [1.29, 1.82) is 0 Å². The van der Waals surface area contributed by atoms with E-state index in [0.717, 1.165) is 60.7 Å². The number of nitrogens with one attached hydrogen (secondary N) is 2. The van der Waals surface area contributed by atoms with Crippen molar-refractivity contribution in [2.75, 3.05) is 63.4 Å². The topological polar surface area (TPSA) is 123 Å². The Balaban J connectivity index is 1.09. The molecule has 0 aliphatic carbocycles. The summed E-state index contributed by atoms with van der Waals surface area (Å²) in [5, 5.41) is 9.72. The number of piperazine rings is 1. The smallest absolute Gasteiger partial charge is 0.410 e. The van der Waals surface area contributed by atoms with Gasteiger partial charge in [-0.05, 0) is 74.3 Å². The van der Waals surface area contributed by atoms with E-state index in [9.17, 15) is 14.4 Å². The van der Waals surface area contributed by atoms with E-state index < -0.39 is 12.2 Å². The maximum Gasteiger partial charge on any atom is 0.410 e. The number of nitrogen functional groups attached to an aromatic ring is 1. The van der Waals surface area contributed by atoms with Gasteiger partial charge in [-0.25, -0.2) is 9.59 Å². The summed E-state index contributed by atoms with van der Waals surface area (Å²) >= 11 is 7.91. The van der Waals surface area contributed by atoms with Crippen LogP contribution in [0.5, 0.6) is 0 Å². The van der Waals surface area contributed by atoms with Crippen LogP contribution in [0, 0.1) is 6.92 Å². The number of nitrogens with two attached hydrogens (primary N) is 1. The number of carbonyl (C=O) groups excluding carboxylic acids is 3. The van der Waals surface area contributed by atoms with Gasteiger partial charge < -0.3 is 30.5 Å². The minimum absolute atomic E-state index is 0.0284. The Morgan fingerprint density at radius 2 is 1.77 bits per heavy atom. The predicted octanol–water partition coefficient (Wildman–Crippen LogP) is 3.75. The Kier molecular flexibility index (Phi) is 9.51. The molecule has 0 unspecified atom stereocenters. The van der Waals surface area contributed by atoms with Crippen LogP contribution >= 0.6 is 22.9 Å². The second-order valence-electron chi connectivity index (χ2n) is 12.3. The summed E-state index contributed by atoms with van der Waals surface area (Å²) in [7, 11) is 0. The lowest BCUT2D eigenvalue weighted by atomic mass is 10.0. The second kappa shape index (κ2) is 13.5. The number of urea groups is 1. The number of ether oxygens (including phenoxy) is 1. The maximum absolute atomic E-state index is 13.9. The number of benzene rings is 1. The quantitative estimate of drug-likeness (QED) is 0.410. The predicted molar refractivity (Wildman–Crippen MR) is 172 cm³/mol. The Morgan fingerprint density at radius 3 is 2.48 bits per heavy atom. The van der Waals surface area contributed by atoms with Crippen molar-refractivity contribution >= 4 is 51.7 Å². The van der Waals surface area contributed by atoms with E-state index in [2.05, 4.69) is 15.5 Å². The monoisotopic (exact) mass is 643 g/mol. The molecular formula is C31H42ClN7O4S. The fourth-order valence-electron chi connectivity index (χ4n) is 6.87. The largest absolute Gasteiger partial charge is 0.436 e. The summed E-state index contributed by atoms with van der Waals surface area (Å²) in [5.74, 6) is -0.180. The van der Waals surface area contributed by atoms with Crippen LogP contribution in [0.15, 0.2) is 23.6 Å². The highest BCUT2D eigenvalue weighted by molar-refractivity contribution is 7.14. The molecule has 3 saturated heterocycles. The first kappa shape index (κ1) is 30.9. The SMILES string of the molecule is Cc1cc(C[C@@H](OC(=O)N2CCC(N3Cc4ccsc4NC3=O)CC2)C(=O)N2CCN(C3CCNCC3)CC2)cc(Cl)c1N. The molecule has 3 fully saturated rings. The van der Waals surface area contributed by atoms with Crippen molar-refractivity contribution < 1.29 is 19.1 Å². The number of hydrogen-bond donors (Lipinski definition) is 3. The highest BCUT2D eigenvalue weighted by atomic mass is 35.5. The van der Waals surface area contributed by atoms with Crippen LogP contribution in [0.4, 0.5) is 20.3 Å². The maximum atomic E-state index is 13.9. The standard InChI is InChI=1S/C31H42ClN7O4S/c1-20-16-21(17-25(32)27(20)33)18-26(29(40)37-13-11-36(12-14-37)23-2-7-34-8-3-23)43-31(42)38-9-4-24(5-10-38)39-19-22-6-15-44-28(22)35-30(39)41/h6,15-17,23-24,26,34H,2-5,7-14,18-19,33H2,1H3,(H,35,41)/t26-/m1/s1. The van der Waals surface area contributed by atoms with Crippen molar-refractivity contribution in [3.05, 3.63) is 45.3 Å². The molecule has 44 heavy (non-hydrogen) atoms. The number of halogens is 1. The van der Waals surface area contributed by atoms with Crippen molar-refractivity contribution in [3.8, 4) is 0 Å². The molecule has 238 valence electrons. The number of likely N-dealkylation sites (tertiary alicyclic amines) is 1. The van der Waals surface area contributed by atoms with Crippen LogP contribution in [-0.2, 0) is 22.5 Å². The minimum Gasteiger partial charge on any atom is -0.436 e. The van der Waals surface area contributed by atoms with Gasteiger partial charge in [0.1, 0.15) is 5.00 Å². The number of fused-ring (bicyclic) bond motifs is 1. The van der Waals surface area contributed by atoms with Crippen molar-refractivity contribution in [2.24, 2.45) is 0 Å². The number of nitrogens with zero attached hydrogens (tertiary/aromatic N) is 4. The normalized spacial score (nSPS) is 21.1. The van der Waals surface area contributed by atoms with Gasteiger partial charge in [0.05, 0.1) is 17.3 Å². The van der Waals surface area contributed by atoms with Crippen LogP contribution in [0.25, 0.3) is 0 Å². The highest BCUT2D eigenvalue weighted by Crippen LogP contribution is 2.32. The van der Waals surface area contributed by atoms with E-state index in [4.69, 9.17) is 22.1 Å². The van der Waals surface area contributed by atoms with Crippen LogP contribution in [0.2, 0.25) is 5.02 Å². The third-order valence-electron chi connectivity index (χ3n) is 9.52. The molecule has 0 radical (unpaired) electrons. The van der Waals surface area contributed by atoms with Crippen LogP contribution in [-0.4, -0.2) is 108 Å². The van der Waals surface area contributed by atoms with Gasteiger partial charge in [0.2, 0.25) is 0 Å². The van der Waals surface area contributed by atoms with Gasteiger partial charge in [-0.3, -0.25) is 15.0 Å². The van der Waals surface area contributed by atoms with Crippen molar-refractivity contribution in [1.82, 2.24) is 24.9 Å². The molecule has 1 aromatic carbocycles. The van der Waals surface area contributed by atoms with Gasteiger partial charge in [-0.1, -0.05) is 17.7 Å². The third kappa shape index (κ3) is 6.78. The Labute approximate surface area is 267 Å². The molecule has 11 nitrogen and oxygen atoms in total. The number of thiophene rings is 1. The lowest BCUT2D eigenvalue weighted by Gasteiger charge is -2.42. The average Bonchev–Trinajstić information content (AvgIpc) is 3.50. The minimum atomic E-state index is -0.977. The number of amides is 4. The number of aryl methyl sites for hydroxylation is 1. The summed E-state index contributed by atoms with van der Waals surface area (Å²) in [4.78, 5) is 48.0. The zero-order valence-electron chi connectivity index (χ0n) is 25.2. The average molecular weight is 644 g/mol. The van der Waals surface area contributed by atoms with Crippen LogP contribution in [0.1, 0.15) is 42.4 Å². The van der Waals surface area contributed by atoms with Crippen molar-refractivity contribution in [2.45, 2.75) is 63.8 Å². The molecule has 0 saturated carbocycles. The number of hydrogen-bond acceptors (Lipinski definition) is 8. The summed E-state index contributed by atoms with van der Waals surface area (Å²) in [5.41, 5.74) is 9.30. The summed E-state index contributed by atoms with van der Waals surface area (Å²) in [6.45, 7) is 8.25. The molecule has 6 rings (SSSR count). The zero-order chi connectivity index (χ0) is 30.8. The molecule has 1 atom stereocenters. The Morgan fingerprint density at radius 1 is 1.05 bits per heavy atom. The molecule has 4 aliphatic heterocycles. The highest BCUT2D eigenvalue weighted by Gasteiger charge is 2.36. The molecule has 13 heteroatoms. The zero-order valence-corrected chi connectivity index (χ0v) is 26.8. The van der Waals surface area contributed by atoms with Gasteiger partial charge in [-0.2, -0.15) is 0 Å². The molecule has 1 aromatic heterocycles. The number of piperidine rings is 2. The summed E-state index contributed by atoms with van der Waals surface area (Å²) in [6, 6.07) is 6.18. The fraction of sp³-hybridized carbons (Fsp3) is 0.581. The van der Waals surface area contributed by atoms with Crippen molar-refractivity contribution in [3.63, 3.8) is 0 Å². The second-order valence-corrected chi connectivity index (χ2v) is 13.6. The number of rotatable bonds is 6. The summed E-state index contributed by atoms with van der Waals surface area (Å²) < 4.78 is 6.01. The van der Waals surface area contributed by atoms with Crippen LogP contribution in [0.3, 0.4) is 0 Å². The van der Waals surface area contributed by atoms with E-state index in [1.54, 1.807) is 11.0 Å². The van der Waals surface area contributed by atoms with E-state index in [0.29, 0.717) is 62.3 Å². The first-order valence-electron chi connectivity index (χ1n) is 15.6. The lowest BCUT2D eigenvalue weighted by molar-refractivity contribution is -0.143. The van der Waals surface area contributed by atoms with Crippen LogP contribution < -0.4 is 16.4 Å². The molecule has 5 heterocycles. The number of carbonyl (C=O) groups is 3. The molecule has 0 spiro atoms. The Hall–Kier alpha value is -3.06. The van der Waals surface area contributed by atoms with E-state index >= 15 is 0 Å². The fourth-order valence-corrected chi connectivity index (χ4v) is 7.95. The summed E-state index contributed by atoms with van der Waals surface area (Å²) in [6.07, 6.45) is 2.27. The molecule has 2 aromatic rings. The van der Waals surface area contributed by atoms with E-state index in [1.807, 2.05) is 34.2 Å². The first-order chi connectivity index (χ1) is 21.3. The molecule has 4 amide bonds. The van der Waals surface area contributed by atoms with Gasteiger partial charge in [0.25, 0.3) is 5.91 Å². The van der Waals surface area contributed by atoms with Gasteiger partial charge in [0, 0.05) is 63.3 Å².